The highest BCUT2D eigenvalue weighted by molar-refractivity contribution is 5.79. The van der Waals surface area contributed by atoms with Gasteiger partial charge in [-0.05, 0) is 47.5 Å². The summed E-state index contributed by atoms with van der Waals surface area (Å²) in [6.45, 7) is 12.9. The normalized spacial score (nSPS) is 23.5. The number of carbonyl (C=O) groups is 2. The smallest absolute Gasteiger partial charge is 0.314 e. The zero-order chi connectivity index (χ0) is 19.6. The summed E-state index contributed by atoms with van der Waals surface area (Å²) in [7, 11) is 0. The third kappa shape index (κ3) is 4.56. The van der Waals surface area contributed by atoms with E-state index in [0.29, 0.717) is 45.7 Å². The molecule has 0 spiro atoms. The Morgan fingerprint density at radius 1 is 1.19 bits per heavy atom. The van der Waals surface area contributed by atoms with E-state index in [2.05, 4.69) is 4.90 Å². The van der Waals surface area contributed by atoms with Gasteiger partial charge in [0.05, 0.1) is 36.4 Å². The molecule has 0 aromatic carbocycles. The Morgan fingerprint density at radius 2 is 1.81 bits per heavy atom. The van der Waals surface area contributed by atoms with E-state index >= 15 is 0 Å². The van der Waals surface area contributed by atoms with Crippen LogP contribution in [0.3, 0.4) is 0 Å². The van der Waals surface area contributed by atoms with Crippen LogP contribution in [-0.4, -0.2) is 83.9 Å². The maximum atomic E-state index is 12.6. The van der Waals surface area contributed by atoms with Crippen molar-refractivity contribution in [3.63, 3.8) is 0 Å². The Kier molecular flexibility index (Phi) is 6.36. The highest BCUT2D eigenvalue weighted by Crippen LogP contribution is 2.40. The van der Waals surface area contributed by atoms with Crippen molar-refractivity contribution >= 4 is 11.9 Å². The third-order valence-corrected chi connectivity index (χ3v) is 5.76. The molecular formula is C19H34N2O5. The predicted molar refractivity (Wildman–Crippen MR) is 97.6 cm³/mol. The standard InChI is InChI=1S/C19H34N2O5/c1-6-25-16(23)18(4,5)19(24)7-9-21(10-8-19)15(22)13-20-11-12-26-17(2,3)14-20/h24H,6-14H2,1-5H3. The van der Waals surface area contributed by atoms with Crippen molar-refractivity contribution in [2.24, 2.45) is 5.41 Å². The van der Waals surface area contributed by atoms with Crippen molar-refractivity contribution < 1.29 is 24.2 Å². The van der Waals surface area contributed by atoms with Crippen molar-refractivity contribution in [1.82, 2.24) is 9.80 Å². The number of ether oxygens (including phenoxy) is 2. The van der Waals surface area contributed by atoms with E-state index in [9.17, 15) is 14.7 Å². The molecule has 26 heavy (non-hydrogen) atoms. The van der Waals surface area contributed by atoms with E-state index in [0.717, 1.165) is 13.1 Å². The molecule has 0 radical (unpaired) electrons. The Balaban J connectivity index is 1.91. The monoisotopic (exact) mass is 370 g/mol. The summed E-state index contributed by atoms with van der Waals surface area (Å²) in [5.41, 5.74) is -2.38. The number of hydrogen-bond donors (Lipinski definition) is 1. The van der Waals surface area contributed by atoms with E-state index in [-0.39, 0.29) is 11.5 Å². The Labute approximate surface area is 156 Å². The lowest BCUT2D eigenvalue weighted by Gasteiger charge is -2.46. The first-order valence-electron chi connectivity index (χ1n) is 9.54. The Morgan fingerprint density at radius 3 is 2.35 bits per heavy atom. The van der Waals surface area contributed by atoms with Crippen LogP contribution in [0.2, 0.25) is 0 Å². The van der Waals surface area contributed by atoms with E-state index in [4.69, 9.17) is 9.47 Å². The van der Waals surface area contributed by atoms with Crippen molar-refractivity contribution in [2.75, 3.05) is 45.9 Å². The molecule has 0 aromatic rings. The number of esters is 1. The second-order valence-electron chi connectivity index (χ2n) is 8.58. The van der Waals surface area contributed by atoms with Crippen LogP contribution in [0, 0.1) is 5.41 Å². The van der Waals surface area contributed by atoms with Crippen LogP contribution < -0.4 is 0 Å². The summed E-state index contributed by atoms with van der Waals surface area (Å²) in [5, 5.41) is 11.0. The number of aliphatic hydroxyl groups is 1. The number of likely N-dealkylation sites (tertiary alicyclic amines) is 1. The number of carbonyl (C=O) groups excluding carboxylic acids is 2. The summed E-state index contributed by atoms with van der Waals surface area (Å²) < 4.78 is 10.8. The van der Waals surface area contributed by atoms with Gasteiger partial charge in [-0.2, -0.15) is 0 Å². The molecule has 2 aliphatic rings. The number of morpholine rings is 1. The van der Waals surface area contributed by atoms with Crippen LogP contribution in [0.25, 0.3) is 0 Å². The summed E-state index contributed by atoms with van der Waals surface area (Å²) in [6.07, 6.45) is 0.748. The zero-order valence-corrected chi connectivity index (χ0v) is 16.8. The molecule has 2 fully saturated rings. The van der Waals surface area contributed by atoms with Crippen LogP contribution in [0.15, 0.2) is 0 Å². The van der Waals surface area contributed by atoms with Crippen molar-refractivity contribution in [3.05, 3.63) is 0 Å². The fourth-order valence-electron chi connectivity index (χ4n) is 3.79. The van der Waals surface area contributed by atoms with Gasteiger partial charge in [0.25, 0.3) is 0 Å². The lowest BCUT2D eigenvalue weighted by Crippen LogP contribution is -2.58. The maximum absolute atomic E-state index is 12.6. The Hall–Kier alpha value is -1.18. The van der Waals surface area contributed by atoms with Crippen LogP contribution in [0.1, 0.15) is 47.5 Å². The van der Waals surface area contributed by atoms with E-state index in [1.54, 1.807) is 25.7 Å². The van der Waals surface area contributed by atoms with Crippen LogP contribution in [-0.2, 0) is 19.1 Å². The maximum Gasteiger partial charge on any atom is 0.314 e. The molecule has 0 atom stereocenters. The predicted octanol–water partition coefficient (Wildman–Crippen LogP) is 1.04. The Bertz CT molecular complexity index is 524. The molecular weight excluding hydrogens is 336 g/mol. The fraction of sp³-hybridized carbons (Fsp3) is 0.895. The molecule has 2 heterocycles. The average molecular weight is 370 g/mol. The van der Waals surface area contributed by atoms with Gasteiger partial charge in [0, 0.05) is 26.2 Å². The molecule has 0 aliphatic carbocycles. The highest BCUT2D eigenvalue weighted by atomic mass is 16.5. The molecule has 2 aliphatic heterocycles. The molecule has 0 saturated carbocycles. The molecule has 2 saturated heterocycles. The topological polar surface area (TPSA) is 79.3 Å². The molecule has 7 nitrogen and oxygen atoms in total. The van der Waals surface area contributed by atoms with Gasteiger partial charge in [-0.3, -0.25) is 14.5 Å². The van der Waals surface area contributed by atoms with E-state index < -0.39 is 17.0 Å². The molecule has 0 unspecified atom stereocenters. The molecule has 1 N–H and O–H groups in total. The number of nitrogens with zero attached hydrogens (tertiary/aromatic N) is 2. The third-order valence-electron chi connectivity index (χ3n) is 5.76. The van der Waals surface area contributed by atoms with E-state index in [1.165, 1.54) is 0 Å². The van der Waals surface area contributed by atoms with Gasteiger partial charge in [0.2, 0.25) is 5.91 Å². The number of piperidine rings is 1. The average Bonchev–Trinajstić information content (AvgIpc) is 2.54. The van der Waals surface area contributed by atoms with Gasteiger partial charge in [-0.25, -0.2) is 0 Å². The number of rotatable bonds is 5. The first kappa shape index (κ1) is 21.1. The first-order chi connectivity index (χ1) is 12.0. The second kappa shape index (κ2) is 7.82. The van der Waals surface area contributed by atoms with Crippen LogP contribution in [0.4, 0.5) is 0 Å². The van der Waals surface area contributed by atoms with Gasteiger partial charge in [-0.15, -0.1) is 0 Å². The molecule has 0 aromatic heterocycles. The minimum absolute atomic E-state index is 0.0682. The van der Waals surface area contributed by atoms with Gasteiger partial charge in [0.1, 0.15) is 0 Å². The van der Waals surface area contributed by atoms with Crippen LogP contribution in [0.5, 0.6) is 0 Å². The van der Waals surface area contributed by atoms with Gasteiger partial charge >= 0.3 is 5.97 Å². The molecule has 2 rings (SSSR count). The lowest BCUT2D eigenvalue weighted by atomic mass is 9.69. The van der Waals surface area contributed by atoms with Gasteiger partial charge in [-0.1, -0.05) is 0 Å². The largest absolute Gasteiger partial charge is 0.465 e. The molecule has 1 amide bonds. The van der Waals surface area contributed by atoms with Gasteiger partial charge < -0.3 is 19.5 Å². The second-order valence-corrected chi connectivity index (χ2v) is 8.58. The molecule has 7 heteroatoms. The van der Waals surface area contributed by atoms with Crippen molar-refractivity contribution in [2.45, 2.75) is 58.7 Å². The summed E-state index contributed by atoms with van der Waals surface area (Å²) in [6, 6.07) is 0. The minimum Gasteiger partial charge on any atom is -0.465 e. The van der Waals surface area contributed by atoms with Crippen molar-refractivity contribution in [1.29, 1.82) is 0 Å². The van der Waals surface area contributed by atoms with E-state index in [1.807, 2.05) is 13.8 Å². The summed E-state index contributed by atoms with van der Waals surface area (Å²) in [4.78, 5) is 28.8. The van der Waals surface area contributed by atoms with Gasteiger partial charge in [0.15, 0.2) is 0 Å². The van der Waals surface area contributed by atoms with Crippen LogP contribution >= 0.6 is 0 Å². The first-order valence-corrected chi connectivity index (χ1v) is 9.54. The molecule has 0 bridgehead atoms. The fourth-order valence-corrected chi connectivity index (χ4v) is 3.79. The number of hydrogen-bond acceptors (Lipinski definition) is 6. The number of amides is 1. The lowest BCUT2D eigenvalue weighted by molar-refractivity contribution is -0.178. The zero-order valence-electron chi connectivity index (χ0n) is 16.8. The SMILES string of the molecule is CCOC(=O)C(C)(C)C1(O)CCN(C(=O)CN2CCOC(C)(C)C2)CC1. The highest BCUT2D eigenvalue weighted by Gasteiger charge is 2.51. The summed E-state index contributed by atoms with van der Waals surface area (Å²) in [5.74, 6) is -0.323. The quantitative estimate of drug-likeness (QED) is 0.729. The minimum atomic E-state index is -1.16. The van der Waals surface area contributed by atoms with Crippen molar-refractivity contribution in [3.8, 4) is 0 Å². The summed E-state index contributed by atoms with van der Waals surface area (Å²) >= 11 is 0. The molecule has 150 valence electrons.